The fourth-order valence-electron chi connectivity index (χ4n) is 1.91. The Morgan fingerprint density at radius 2 is 1.64 bits per heavy atom. The molecule has 0 spiro atoms. The van der Waals surface area contributed by atoms with E-state index in [9.17, 15) is 9.18 Å². The summed E-state index contributed by atoms with van der Waals surface area (Å²) in [7, 11) is 1.59. The summed E-state index contributed by atoms with van der Waals surface area (Å²) < 4.78 is 23.4. The van der Waals surface area contributed by atoms with Crippen LogP contribution in [0.5, 0.6) is 11.5 Å². The Labute approximate surface area is 128 Å². The first-order chi connectivity index (χ1) is 10.6. The maximum atomic E-state index is 12.8. The van der Waals surface area contributed by atoms with Crippen molar-refractivity contribution in [1.82, 2.24) is 5.32 Å². The van der Waals surface area contributed by atoms with E-state index in [1.807, 2.05) is 6.92 Å². The summed E-state index contributed by atoms with van der Waals surface area (Å²) in [5, 5.41) is 2.83. The lowest BCUT2D eigenvalue weighted by Crippen LogP contribution is -2.35. The van der Waals surface area contributed by atoms with Crippen LogP contribution in [-0.2, 0) is 4.74 Å². The third-order valence-corrected chi connectivity index (χ3v) is 2.96. The second-order valence-corrected chi connectivity index (χ2v) is 4.91. The molecular formula is C17H18FNO3. The Hall–Kier alpha value is -2.40. The number of methoxy groups -OCH3 is 1. The Bertz CT molecular complexity index is 611. The normalized spacial score (nSPS) is 11.8. The van der Waals surface area contributed by atoms with E-state index in [0.717, 1.165) is 0 Å². The molecule has 2 aromatic carbocycles. The van der Waals surface area contributed by atoms with Crippen molar-refractivity contribution in [2.24, 2.45) is 0 Å². The molecule has 22 heavy (non-hydrogen) atoms. The zero-order valence-electron chi connectivity index (χ0n) is 12.5. The molecule has 0 unspecified atom stereocenters. The van der Waals surface area contributed by atoms with Gasteiger partial charge in [0.2, 0.25) is 0 Å². The van der Waals surface area contributed by atoms with Gasteiger partial charge in [-0.15, -0.1) is 0 Å². The summed E-state index contributed by atoms with van der Waals surface area (Å²) >= 11 is 0. The number of benzene rings is 2. The first-order valence-electron chi connectivity index (χ1n) is 6.92. The summed E-state index contributed by atoms with van der Waals surface area (Å²) in [5.41, 5.74) is 0.536. The molecule has 4 nitrogen and oxygen atoms in total. The summed E-state index contributed by atoms with van der Waals surface area (Å²) in [6, 6.07) is 12.4. The molecule has 0 radical (unpaired) electrons. The van der Waals surface area contributed by atoms with Crippen LogP contribution in [-0.4, -0.2) is 25.7 Å². The number of hydrogen-bond donors (Lipinski definition) is 1. The third kappa shape index (κ3) is 4.56. The number of rotatable bonds is 6. The molecule has 1 atom stereocenters. The molecule has 0 saturated heterocycles. The largest absolute Gasteiger partial charge is 0.457 e. The van der Waals surface area contributed by atoms with Gasteiger partial charge in [-0.25, -0.2) is 4.39 Å². The third-order valence-electron chi connectivity index (χ3n) is 2.96. The lowest BCUT2D eigenvalue weighted by atomic mass is 10.2. The van der Waals surface area contributed by atoms with Crippen LogP contribution in [0.15, 0.2) is 48.5 Å². The lowest BCUT2D eigenvalue weighted by Gasteiger charge is -2.13. The standard InChI is InChI=1S/C17H18FNO3/c1-12(11-21-2)19-17(20)13-3-7-15(8-4-13)22-16-9-5-14(18)6-10-16/h3-10,12H,11H2,1-2H3,(H,19,20)/t12-/m1/s1. The van der Waals surface area contributed by atoms with Crippen LogP contribution in [0.25, 0.3) is 0 Å². The number of carbonyl (C=O) groups excluding carboxylic acids is 1. The summed E-state index contributed by atoms with van der Waals surface area (Å²) in [6.07, 6.45) is 0. The zero-order valence-corrected chi connectivity index (χ0v) is 12.5. The van der Waals surface area contributed by atoms with E-state index in [2.05, 4.69) is 5.32 Å². The second-order valence-electron chi connectivity index (χ2n) is 4.91. The molecule has 0 bridgehead atoms. The lowest BCUT2D eigenvalue weighted by molar-refractivity contribution is 0.0905. The number of ether oxygens (including phenoxy) is 2. The van der Waals surface area contributed by atoms with Crippen LogP contribution in [0.1, 0.15) is 17.3 Å². The highest BCUT2D eigenvalue weighted by Crippen LogP contribution is 2.21. The summed E-state index contributed by atoms with van der Waals surface area (Å²) in [5.74, 6) is 0.628. The SMILES string of the molecule is COC[C@@H](C)NC(=O)c1ccc(Oc2ccc(F)cc2)cc1. The quantitative estimate of drug-likeness (QED) is 0.890. The molecule has 0 aliphatic heterocycles. The van der Waals surface area contributed by atoms with Crippen LogP contribution in [0, 0.1) is 5.82 Å². The van der Waals surface area contributed by atoms with E-state index in [0.29, 0.717) is 23.7 Å². The maximum absolute atomic E-state index is 12.8. The van der Waals surface area contributed by atoms with Gasteiger partial charge in [0.05, 0.1) is 6.61 Å². The van der Waals surface area contributed by atoms with Gasteiger partial charge in [0.15, 0.2) is 0 Å². The topological polar surface area (TPSA) is 47.6 Å². The van der Waals surface area contributed by atoms with Gasteiger partial charge in [-0.05, 0) is 55.5 Å². The fraction of sp³-hybridized carbons (Fsp3) is 0.235. The number of amides is 1. The first kappa shape index (κ1) is 16.0. The van der Waals surface area contributed by atoms with E-state index in [-0.39, 0.29) is 17.8 Å². The molecule has 116 valence electrons. The minimum absolute atomic E-state index is 0.0624. The molecule has 1 N–H and O–H groups in total. The molecular weight excluding hydrogens is 285 g/mol. The molecule has 2 rings (SSSR count). The maximum Gasteiger partial charge on any atom is 0.251 e. The van der Waals surface area contributed by atoms with Crippen LogP contribution < -0.4 is 10.1 Å². The van der Waals surface area contributed by atoms with Crippen molar-refractivity contribution in [2.75, 3.05) is 13.7 Å². The van der Waals surface area contributed by atoms with Gasteiger partial charge in [0, 0.05) is 18.7 Å². The van der Waals surface area contributed by atoms with E-state index < -0.39 is 0 Å². The highest BCUT2D eigenvalue weighted by Gasteiger charge is 2.09. The smallest absolute Gasteiger partial charge is 0.251 e. The number of carbonyl (C=O) groups is 1. The average Bonchev–Trinajstić information content (AvgIpc) is 2.50. The van der Waals surface area contributed by atoms with Gasteiger partial charge >= 0.3 is 0 Å². The van der Waals surface area contributed by atoms with Crippen LogP contribution in [0.4, 0.5) is 4.39 Å². The Morgan fingerprint density at radius 1 is 1.09 bits per heavy atom. The van der Waals surface area contributed by atoms with Crippen LogP contribution in [0.2, 0.25) is 0 Å². The summed E-state index contributed by atoms with van der Waals surface area (Å²) in [6.45, 7) is 2.32. The van der Waals surface area contributed by atoms with Gasteiger partial charge in [0.25, 0.3) is 5.91 Å². The molecule has 0 saturated carbocycles. The number of halogens is 1. The average molecular weight is 303 g/mol. The molecule has 2 aromatic rings. The van der Waals surface area contributed by atoms with Gasteiger partial charge in [0.1, 0.15) is 17.3 Å². The Kier molecular flexibility index (Phi) is 5.49. The molecule has 0 fully saturated rings. The van der Waals surface area contributed by atoms with Crippen molar-refractivity contribution in [3.05, 3.63) is 59.9 Å². The van der Waals surface area contributed by atoms with Crippen LogP contribution >= 0.6 is 0 Å². The van der Waals surface area contributed by atoms with E-state index >= 15 is 0 Å². The Morgan fingerprint density at radius 3 is 2.18 bits per heavy atom. The van der Waals surface area contributed by atoms with Gasteiger partial charge in [-0.1, -0.05) is 0 Å². The molecule has 5 heteroatoms. The van der Waals surface area contributed by atoms with Gasteiger partial charge < -0.3 is 14.8 Å². The number of hydrogen-bond acceptors (Lipinski definition) is 3. The highest BCUT2D eigenvalue weighted by atomic mass is 19.1. The second kappa shape index (κ2) is 7.56. The number of nitrogens with one attached hydrogen (secondary N) is 1. The zero-order chi connectivity index (χ0) is 15.9. The minimum atomic E-state index is -0.315. The summed E-state index contributed by atoms with van der Waals surface area (Å²) in [4.78, 5) is 12.0. The first-order valence-corrected chi connectivity index (χ1v) is 6.92. The molecule has 0 aromatic heterocycles. The van der Waals surface area contributed by atoms with Gasteiger partial charge in [-0.3, -0.25) is 4.79 Å². The van der Waals surface area contributed by atoms with Crippen molar-refractivity contribution < 1.29 is 18.7 Å². The van der Waals surface area contributed by atoms with Crippen molar-refractivity contribution in [3.8, 4) is 11.5 Å². The predicted molar refractivity (Wildman–Crippen MR) is 81.7 cm³/mol. The van der Waals surface area contributed by atoms with Crippen molar-refractivity contribution in [1.29, 1.82) is 0 Å². The van der Waals surface area contributed by atoms with Crippen molar-refractivity contribution >= 4 is 5.91 Å². The molecule has 1 amide bonds. The van der Waals surface area contributed by atoms with Crippen LogP contribution in [0.3, 0.4) is 0 Å². The molecule has 0 aliphatic carbocycles. The van der Waals surface area contributed by atoms with E-state index in [4.69, 9.17) is 9.47 Å². The molecule has 0 heterocycles. The van der Waals surface area contributed by atoms with E-state index in [1.54, 1.807) is 43.5 Å². The van der Waals surface area contributed by atoms with Crippen molar-refractivity contribution in [2.45, 2.75) is 13.0 Å². The molecule has 0 aliphatic rings. The van der Waals surface area contributed by atoms with Crippen molar-refractivity contribution in [3.63, 3.8) is 0 Å². The predicted octanol–water partition coefficient (Wildman–Crippen LogP) is 3.38. The van der Waals surface area contributed by atoms with Gasteiger partial charge in [-0.2, -0.15) is 0 Å². The van der Waals surface area contributed by atoms with E-state index in [1.165, 1.54) is 12.1 Å². The fourth-order valence-corrected chi connectivity index (χ4v) is 1.91. The minimum Gasteiger partial charge on any atom is -0.457 e. The monoisotopic (exact) mass is 303 g/mol. The Balaban J connectivity index is 1.97. The highest BCUT2D eigenvalue weighted by molar-refractivity contribution is 5.94.